The number of amides is 2. The Bertz CT molecular complexity index is 1560. The minimum Gasteiger partial charge on any atom is -0.489 e. The zero-order valence-corrected chi connectivity index (χ0v) is 27.1. The van der Waals surface area contributed by atoms with E-state index in [-0.39, 0.29) is 17.1 Å². The first kappa shape index (κ1) is 30.9. The molecule has 0 bridgehead atoms. The molecule has 0 aliphatic carbocycles. The number of methoxy groups -OCH3 is 1. The molecule has 43 heavy (non-hydrogen) atoms. The third kappa shape index (κ3) is 6.86. The summed E-state index contributed by atoms with van der Waals surface area (Å²) in [6, 6.07) is 15.3. The lowest BCUT2D eigenvalue weighted by molar-refractivity contribution is -0.139. The predicted molar refractivity (Wildman–Crippen MR) is 169 cm³/mol. The van der Waals surface area contributed by atoms with Crippen LogP contribution in [0, 0.1) is 20.8 Å². The Hall–Kier alpha value is -3.50. The van der Waals surface area contributed by atoms with Crippen LogP contribution in [0.1, 0.15) is 40.3 Å². The number of hydrogen-bond donors (Lipinski definition) is 1. The zero-order chi connectivity index (χ0) is 30.9. The van der Waals surface area contributed by atoms with Gasteiger partial charge in [-0.1, -0.05) is 52.0 Å². The van der Waals surface area contributed by atoms with E-state index in [1.165, 1.54) is 7.11 Å². The van der Waals surface area contributed by atoms with Gasteiger partial charge in [0.05, 0.1) is 12.4 Å². The van der Waals surface area contributed by atoms with Crippen molar-refractivity contribution in [1.82, 2.24) is 5.32 Å². The summed E-state index contributed by atoms with van der Waals surface area (Å²) in [4.78, 5) is 34.7. The van der Waals surface area contributed by atoms with Crippen LogP contribution in [-0.2, 0) is 33.6 Å². The van der Waals surface area contributed by atoms with Gasteiger partial charge in [-0.2, -0.15) is 0 Å². The summed E-state index contributed by atoms with van der Waals surface area (Å²) in [5.41, 5.74) is 5.58. The molecule has 10 heteroatoms. The number of imide groups is 1. The summed E-state index contributed by atoms with van der Waals surface area (Å²) in [5.74, 6) is 2.57. The van der Waals surface area contributed by atoms with Gasteiger partial charge in [-0.15, -0.1) is 0 Å². The molecule has 0 saturated carbocycles. The Labute approximate surface area is 263 Å². The third-order valence-electron chi connectivity index (χ3n) is 7.88. The summed E-state index contributed by atoms with van der Waals surface area (Å²) in [6.07, 6.45) is 1.68. The summed E-state index contributed by atoms with van der Waals surface area (Å²) in [6.45, 7) is 8.56. The van der Waals surface area contributed by atoms with E-state index in [0.717, 1.165) is 62.4 Å². The van der Waals surface area contributed by atoms with Crippen molar-refractivity contribution in [3.8, 4) is 23.0 Å². The molecule has 3 aromatic carbocycles. The predicted octanol–water partition coefficient (Wildman–Crippen LogP) is 6.55. The van der Waals surface area contributed by atoms with Crippen LogP contribution < -0.4 is 19.5 Å². The molecule has 8 nitrogen and oxygen atoms in total. The average molecular weight is 669 g/mol. The fraction of sp³-hybridized carbons (Fsp3) is 0.364. The van der Waals surface area contributed by atoms with E-state index in [1.807, 2.05) is 62.4 Å². The molecule has 1 N–H and O–H groups in total. The summed E-state index contributed by atoms with van der Waals surface area (Å²) in [5, 5.41) is 1.63. The van der Waals surface area contributed by atoms with Crippen LogP contribution in [0.3, 0.4) is 0 Å². The second-order valence-electron chi connectivity index (χ2n) is 11.2. The molecule has 3 atom stereocenters. The zero-order valence-electron chi connectivity index (χ0n) is 24.7. The van der Waals surface area contributed by atoms with Crippen molar-refractivity contribution in [3.05, 3.63) is 81.9 Å². The monoisotopic (exact) mass is 667 g/mol. The van der Waals surface area contributed by atoms with Crippen LogP contribution >= 0.6 is 27.7 Å². The number of thioether (sulfide) groups is 1. The number of rotatable bonds is 10. The van der Waals surface area contributed by atoms with Crippen molar-refractivity contribution in [1.29, 1.82) is 0 Å². The molecule has 5 rings (SSSR count). The number of alkyl halides is 1. The number of fused-ring (bicyclic) bond motifs is 1. The Morgan fingerprint density at radius 2 is 1.67 bits per heavy atom. The number of hydrogen-bond acceptors (Lipinski definition) is 8. The summed E-state index contributed by atoms with van der Waals surface area (Å²) >= 11 is 4.39. The first-order chi connectivity index (χ1) is 20.5. The fourth-order valence-corrected chi connectivity index (χ4v) is 6.75. The van der Waals surface area contributed by atoms with Gasteiger partial charge >= 0.3 is 5.97 Å². The van der Waals surface area contributed by atoms with Gasteiger partial charge in [0.2, 0.25) is 5.91 Å². The number of benzene rings is 3. The normalized spacial score (nSPS) is 19.8. The van der Waals surface area contributed by atoms with Gasteiger partial charge in [-0.3, -0.25) is 19.7 Å². The number of carbonyl (C=O) groups excluding carboxylic acids is 3. The van der Waals surface area contributed by atoms with E-state index in [4.69, 9.17) is 18.9 Å². The second kappa shape index (κ2) is 12.6. The molecule has 1 fully saturated rings. The van der Waals surface area contributed by atoms with Gasteiger partial charge < -0.3 is 18.9 Å². The molecule has 0 radical (unpaired) electrons. The Kier molecular flexibility index (Phi) is 9.08. The van der Waals surface area contributed by atoms with Crippen LogP contribution in [0.2, 0.25) is 0 Å². The van der Waals surface area contributed by atoms with E-state index in [0.29, 0.717) is 31.6 Å². The van der Waals surface area contributed by atoms with Crippen molar-refractivity contribution in [2.45, 2.75) is 62.6 Å². The molecular weight excluding hydrogens is 634 g/mol. The lowest BCUT2D eigenvalue weighted by Crippen LogP contribution is -2.37. The van der Waals surface area contributed by atoms with E-state index >= 15 is 0 Å². The molecular formula is C33H34BrNO7S. The minimum absolute atomic E-state index is 0.242. The van der Waals surface area contributed by atoms with Crippen molar-refractivity contribution in [3.63, 3.8) is 0 Å². The largest absolute Gasteiger partial charge is 0.489 e. The maximum atomic E-state index is 11.9. The van der Waals surface area contributed by atoms with E-state index in [2.05, 4.69) is 35.1 Å². The number of nitrogens with one attached hydrogen (secondary N) is 1. The van der Waals surface area contributed by atoms with Crippen molar-refractivity contribution in [2.75, 3.05) is 13.7 Å². The molecule has 2 heterocycles. The topological polar surface area (TPSA) is 100 Å². The molecule has 2 aliphatic heterocycles. The van der Waals surface area contributed by atoms with Gasteiger partial charge in [0.15, 0.2) is 0 Å². The second-order valence-corrected chi connectivity index (χ2v) is 13.5. The molecule has 2 amide bonds. The van der Waals surface area contributed by atoms with Crippen molar-refractivity contribution in [2.24, 2.45) is 0 Å². The Morgan fingerprint density at radius 1 is 1.02 bits per heavy atom. The van der Waals surface area contributed by atoms with Crippen LogP contribution in [0.15, 0.2) is 48.5 Å². The smallest absolute Gasteiger partial charge is 0.319 e. The summed E-state index contributed by atoms with van der Waals surface area (Å²) < 4.78 is 23.9. The minimum atomic E-state index is -0.555. The van der Waals surface area contributed by atoms with Gasteiger partial charge in [0.1, 0.15) is 40.0 Å². The maximum Gasteiger partial charge on any atom is 0.319 e. The lowest BCUT2D eigenvalue weighted by atomic mass is 9.93. The Balaban J connectivity index is 1.24. The van der Waals surface area contributed by atoms with Crippen LogP contribution in [0.25, 0.3) is 0 Å². The fourth-order valence-electron chi connectivity index (χ4n) is 5.33. The molecule has 3 unspecified atom stereocenters. The highest BCUT2D eigenvalue weighted by Gasteiger charge is 2.39. The highest BCUT2D eigenvalue weighted by atomic mass is 79.9. The molecule has 0 spiro atoms. The molecule has 1 saturated heterocycles. The molecule has 226 valence electrons. The lowest BCUT2D eigenvalue weighted by Gasteiger charge is -2.24. The quantitative estimate of drug-likeness (QED) is 0.192. The van der Waals surface area contributed by atoms with Gasteiger partial charge in [0.25, 0.3) is 5.24 Å². The van der Waals surface area contributed by atoms with E-state index in [1.54, 1.807) is 0 Å². The van der Waals surface area contributed by atoms with Crippen molar-refractivity contribution < 1.29 is 33.3 Å². The highest BCUT2D eigenvalue weighted by Crippen LogP contribution is 2.46. The van der Waals surface area contributed by atoms with Crippen molar-refractivity contribution >= 4 is 44.8 Å². The first-order valence-corrected chi connectivity index (χ1v) is 15.8. The standard InChI is InChI=1S/C33H34BrNO7S/c1-18-19(2)29-25(16-33(4,42-29)17-40-23-10-6-21(7-11-23)14-26(34)31(37)39-5)20(3)28(18)41-24-12-8-22(9-13-24)15-27-30(36)35-32(38)43-27/h6-13,26-27H,14-17H2,1-5H3,(H,35,36,38). The van der Waals surface area contributed by atoms with Gasteiger partial charge in [-0.05, 0) is 92.6 Å². The third-order valence-corrected chi connectivity index (χ3v) is 9.56. The SMILES string of the molecule is COC(=O)C(Br)Cc1ccc(OCC2(C)Cc3c(C)c(Oc4ccc(CC5SC(=O)NC5=O)cc4)c(C)c(C)c3O2)cc1. The van der Waals surface area contributed by atoms with E-state index in [9.17, 15) is 14.4 Å². The Morgan fingerprint density at radius 3 is 2.30 bits per heavy atom. The molecule has 0 aromatic heterocycles. The number of esters is 1. The van der Waals surface area contributed by atoms with Crippen LogP contribution in [-0.4, -0.2) is 46.5 Å². The average Bonchev–Trinajstić information content (AvgIpc) is 3.52. The van der Waals surface area contributed by atoms with Gasteiger partial charge in [-0.25, -0.2) is 0 Å². The number of ether oxygens (including phenoxy) is 4. The summed E-state index contributed by atoms with van der Waals surface area (Å²) in [7, 11) is 1.38. The molecule has 3 aromatic rings. The van der Waals surface area contributed by atoms with Crippen LogP contribution in [0.5, 0.6) is 23.0 Å². The highest BCUT2D eigenvalue weighted by molar-refractivity contribution is 9.10. The van der Waals surface area contributed by atoms with Crippen LogP contribution in [0.4, 0.5) is 4.79 Å². The molecule has 2 aliphatic rings. The number of halogens is 1. The maximum absolute atomic E-state index is 11.9. The van der Waals surface area contributed by atoms with E-state index < -0.39 is 15.7 Å². The van der Waals surface area contributed by atoms with Gasteiger partial charge in [0, 0.05) is 12.0 Å². The number of carbonyl (C=O) groups is 3. The first-order valence-electron chi connectivity index (χ1n) is 14.0.